The van der Waals surface area contributed by atoms with Crippen molar-refractivity contribution in [1.29, 1.82) is 0 Å². The second kappa shape index (κ2) is 8.91. The van der Waals surface area contributed by atoms with Gasteiger partial charge in [-0.05, 0) is 18.2 Å². The summed E-state index contributed by atoms with van der Waals surface area (Å²) in [5.74, 6) is 1.22. The van der Waals surface area contributed by atoms with Gasteiger partial charge in [0.2, 0.25) is 0 Å². The van der Waals surface area contributed by atoms with Crippen molar-refractivity contribution in [2.24, 2.45) is 0 Å². The number of thioether (sulfide) groups is 1. The van der Waals surface area contributed by atoms with E-state index in [2.05, 4.69) is 17.2 Å². The van der Waals surface area contributed by atoms with Gasteiger partial charge in [-0.25, -0.2) is 0 Å². The summed E-state index contributed by atoms with van der Waals surface area (Å²) in [6, 6.07) is 0. The average Bonchev–Trinajstić information content (AvgIpc) is 2.11. The van der Waals surface area contributed by atoms with Crippen molar-refractivity contribution >= 4 is 16.9 Å². The number of amidine groups is 1. The molecule has 0 fully saturated rings. The fraction of sp³-hybridized carbons (Fsp3) is 0.889. The smallest absolute Gasteiger partial charge is 0.272 e. The second-order valence-corrected chi connectivity index (χ2v) is 3.84. The van der Waals surface area contributed by atoms with E-state index in [9.17, 15) is 0 Å². The highest BCUT2D eigenvalue weighted by atomic mass is 32.2. The molecule has 0 rings (SSSR count). The summed E-state index contributed by atoms with van der Waals surface area (Å²) in [6.07, 6.45) is 5.38. The SMILES string of the molecule is CCCCCCSC(NC)=[NH+]C. The monoisotopic (exact) mass is 189 g/mol. The summed E-state index contributed by atoms with van der Waals surface area (Å²) >= 11 is 1.87. The van der Waals surface area contributed by atoms with Crippen molar-refractivity contribution in [1.82, 2.24) is 5.32 Å². The van der Waals surface area contributed by atoms with Crippen LogP contribution in [0.15, 0.2) is 0 Å². The van der Waals surface area contributed by atoms with Crippen molar-refractivity contribution in [3.63, 3.8) is 0 Å². The van der Waals surface area contributed by atoms with Crippen molar-refractivity contribution in [3.8, 4) is 0 Å². The highest BCUT2D eigenvalue weighted by Crippen LogP contribution is 2.05. The minimum absolute atomic E-state index is 1.17. The Bertz CT molecular complexity index is 124. The Morgan fingerprint density at radius 3 is 2.58 bits per heavy atom. The van der Waals surface area contributed by atoms with Crippen molar-refractivity contribution < 1.29 is 4.99 Å². The van der Waals surface area contributed by atoms with Crippen molar-refractivity contribution in [2.45, 2.75) is 32.6 Å². The van der Waals surface area contributed by atoms with Gasteiger partial charge in [-0.2, -0.15) is 0 Å². The quantitative estimate of drug-likeness (QED) is 0.376. The van der Waals surface area contributed by atoms with Crippen LogP contribution in [0.4, 0.5) is 0 Å². The van der Waals surface area contributed by atoms with Gasteiger partial charge in [-0.3, -0.25) is 10.3 Å². The van der Waals surface area contributed by atoms with E-state index in [1.807, 2.05) is 25.9 Å². The van der Waals surface area contributed by atoms with E-state index >= 15 is 0 Å². The van der Waals surface area contributed by atoms with Crippen LogP contribution in [0.5, 0.6) is 0 Å². The zero-order valence-corrected chi connectivity index (χ0v) is 9.26. The molecule has 3 heteroatoms. The van der Waals surface area contributed by atoms with E-state index in [-0.39, 0.29) is 0 Å². The lowest BCUT2D eigenvalue weighted by molar-refractivity contribution is -0.418. The Labute approximate surface area is 80.2 Å². The van der Waals surface area contributed by atoms with Crippen LogP contribution in [-0.2, 0) is 0 Å². The van der Waals surface area contributed by atoms with Gasteiger partial charge in [-0.1, -0.05) is 26.2 Å². The normalized spacial score (nSPS) is 11.8. The summed E-state index contributed by atoms with van der Waals surface area (Å²) in [7, 11) is 3.90. The first-order valence-corrected chi connectivity index (χ1v) is 5.69. The van der Waals surface area contributed by atoms with Gasteiger partial charge in [0.05, 0.1) is 14.1 Å². The van der Waals surface area contributed by atoms with Gasteiger partial charge in [0.1, 0.15) is 0 Å². The highest BCUT2D eigenvalue weighted by Gasteiger charge is 2.00. The Balaban J connectivity index is 3.18. The van der Waals surface area contributed by atoms with Crippen molar-refractivity contribution in [2.75, 3.05) is 19.8 Å². The number of rotatable bonds is 5. The molecule has 0 saturated heterocycles. The van der Waals surface area contributed by atoms with Crippen LogP contribution in [0.3, 0.4) is 0 Å². The maximum absolute atomic E-state index is 3.11. The third kappa shape index (κ3) is 6.53. The molecule has 0 aromatic carbocycles. The van der Waals surface area contributed by atoms with E-state index in [4.69, 9.17) is 0 Å². The molecule has 0 aliphatic heterocycles. The standard InChI is InChI=1S/C9H20N2S/c1-4-5-6-7-8-12-9(10-2)11-3/h4-8H2,1-3H3,(H,10,11)/p+1. The molecule has 0 aliphatic carbocycles. The van der Waals surface area contributed by atoms with E-state index in [1.54, 1.807) is 0 Å². The maximum Gasteiger partial charge on any atom is 0.303 e. The Hall–Kier alpha value is -0.180. The first-order chi connectivity index (χ1) is 5.85. The molecule has 0 unspecified atom stereocenters. The number of nitrogens with one attached hydrogen (secondary N) is 2. The van der Waals surface area contributed by atoms with Gasteiger partial charge < -0.3 is 0 Å². The molecule has 0 atom stereocenters. The van der Waals surface area contributed by atoms with E-state index < -0.39 is 0 Å². The van der Waals surface area contributed by atoms with E-state index in [1.165, 1.54) is 36.6 Å². The summed E-state index contributed by atoms with van der Waals surface area (Å²) in [5.41, 5.74) is 0. The third-order valence-electron chi connectivity index (χ3n) is 1.70. The molecule has 72 valence electrons. The molecule has 0 radical (unpaired) electrons. The lowest BCUT2D eigenvalue weighted by Crippen LogP contribution is -2.70. The van der Waals surface area contributed by atoms with E-state index in [0.29, 0.717) is 0 Å². The number of hydrogen-bond donors (Lipinski definition) is 2. The van der Waals surface area contributed by atoms with Gasteiger partial charge in [0.25, 0.3) is 0 Å². The third-order valence-corrected chi connectivity index (χ3v) is 2.89. The molecule has 0 spiro atoms. The zero-order valence-electron chi connectivity index (χ0n) is 8.44. The predicted molar refractivity (Wildman–Crippen MR) is 57.6 cm³/mol. The Morgan fingerprint density at radius 1 is 1.33 bits per heavy atom. The molecule has 12 heavy (non-hydrogen) atoms. The summed E-state index contributed by atoms with van der Waals surface area (Å²) in [6.45, 7) is 2.24. The maximum atomic E-state index is 3.11. The van der Waals surface area contributed by atoms with Crippen LogP contribution in [0, 0.1) is 0 Å². The Morgan fingerprint density at radius 2 is 2.08 bits per heavy atom. The minimum Gasteiger partial charge on any atom is -0.272 e. The molecule has 0 aromatic rings. The van der Waals surface area contributed by atoms with Crippen LogP contribution in [0.1, 0.15) is 32.6 Å². The first kappa shape index (κ1) is 11.8. The van der Waals surface area contributed by atoms with Gasteiger partial charge in [-0.15, -0.1) is 0 Å². The molecule has 2 nitrogen and oxygen atoms in total. The lowest BCUT2D eigenvalue weighted by Gasteiger charge is -1.98. The summed E-state index contributed by atoms with van der Waals surface area (Å²) < 4.78 is 0. The van der Waals surface area contributed by atoms with Gasteiger partial charge in [0, 0.05) is 5.75 Å². The summed E-state index contributed by atoms with van der Waals surface area (Å²) in [4.78, 5) is 3.11. The molecule has 2 N–H and O–H groups in total. The van der Waals surface area contributed by atoms with Crippen LogP contribution >= 0.6 is 11.8 Å². The van der Waals surface area contributed by atoms with E-state index in [0.717, 1.165) is 0 Å². The highest BCUT2D eigenvalue weighted by molar-refractivity contribution is 8.13. The molecule has 0 amide bonds. The second-order valence-electron chi connectivity index (χ2n) is 2.74. The molecular weight excluding hydrogens is 168 g/mol. The lowest BCUT2D eigenvalue weighted by atomic mass is 10.2. The van der Waals surface area contributed by atoms with Crippen LogP contribution in [0.2, 0.25) is 0 Å². The van der Waals surface area contributed by atoms with Crippen molar-refractivity contribution in [3.05, 3.63) is 0 Å². The molecule has 0 bridgehead atoms. The molecule has 0 heterocycles. The fourth-order valence-electron chi connectivity index (χ4n) is 0.972. The fourth-order valence-corrected chi connectivity index (χ4v) is 1.81. The van der Waals surface area contributed by atoms with Crippen LogP contribution < -0.4 is 10.3 Å². The molecule has 0 saturated carbocycles. The van der Waals surface area contributed by atoms with Gasteiger partial charge >= 0.3 is 5.17 Å². The van der Waals surface area contributed by atoms with Crippen LogP contribution in [-0.4, -0.2) is 25.0 Å². The molecular formula is C9H21N2S+. The zero-order chi connectivity index (χ0) is 9.23. The Kier molecular flexibility index (Phi) is 8.78. The number of unbranched alkanes of at least 4 members (excludes halogenated alkanes) is 3. The first-order valence-electron chi connectivity index (χ1n) is 4.70. The molecule has 0 aromatic heterocycles. The topological polar surface area (TPSA) is 26.0 Å². The number of hydrogen-bond acceptors (Lipinski definition) is 1. The largest absolute Gasteiger partial charge is 0.303 e. The predicted octanol–water partition coefficient (Wildman–Crippen LogP) is 0.586. The van der Waals surface area contributed by atoms with Gasteiger partial charge in [0.15, 0.2) is 0 Å². The average molecular weight is 189 g/mol. The minimum atomic E-state index is 1.17. The van der Waals surface area contributed by atoms with Crippen LogP contribution in [0.25, 0.3) is 0 Å². The summed E-state index contributed by atoms with van der Waals surface area (Å²) in [5, 5.41) is 4.28. The molecule has 0 aliphatic rings.